The molecule has 794 valence electrons. The van der Waals surface area contributed by atoms with E-state index in [4.69, 9.17) is 58.1 Å². The SMILES string of the molecule is C1CCC([PH+](C2CCCCC2)C2CCCCC2)CC1.C1CCC([PH+](C2CCCCC2)C2CCCCC2)CC1.C1CCC([PH+](C2CCCCC2)C2CCCCC2)CC1.C1CCC([PH+](C2CCCCC2)C2CCCCC2)CC1.C1CCC([PH+](C2CCCCC2)C2CCCCC2)CC1.CC(C)=C[CH]=[Ru]([Cl])[Cl].Cc1cc(C)c(N2[CH-]N(C)CC2)c(C)c1.[Cl][Ru]([Cl])=[CH]c1ccccc1.[Cl][Ru]([Cl])=[CH]c1ccccc1. The van der Waals surface area contributed by atoms with E-state index in [-0.39, 0.29) is 39.6 Å². The van der Waals surface area contributed by atoms with E-state index in [1.54, 1.807) is 482 Å². The molecule has 15 aliphatic carbocycles. The number of allylic oxidation sites excluding steroid dienone is 2. The molecule has 1 aliphatic heterocycles. The van der Waals surface area contributed by atoms with Crippen LogP contribution in [0.4, 0.5) is 5.69 Å². The van der Waals surface area contributed by atoms with Crippen molar-refractivity contribution < 1.29 is 40.6 Å². The number of anilines is 1. The molecule has 0 atom stereocenters. The summed E-state index contributed by atoms with van der Waals surface area (Å²) in [6.07, 6.45) is 121. The molecule has 0 radical (unpaired) electrons. The van der Waals surface area contributed by atoms with E-state index >= 15 is 0 Å². The van der Waals surface area contributed by atoms with E-state index in [0.717, 1.165) is 24.2 Å². The molecule has 2 nitrogen and oxygen atoms in total. The third kappa shape index (κ3) is 45.3. The van der Waals surface area contributed by atoms with E-state index in [1.165, 1.54) is 113 Å². The fraction of sp³-hybridized carbons (Fsp3) is 0.803. The second-order valence-corrected chi connectivity index (χ2v) is 81.6. The monoisotopic (exact) mass is 2370 g/mol. The van der Waals surface area contributed by atoms with Crippen LogP contribution >= 0.6 is 97.8 Å². The third-order valence-corrected chi connectivity index (χ3v) is 64.9. The predicted molar refractivity (Wildman–Crippen MR) is 633 cm³/mol. The topological polar surface area (TPSA) is 6.48 Å². The van der Waals surface area contributed by atoms with Crippen molar-refractivity contribution in [2.45, 2.75) is 601 Å². The van der Waals surface area contributed by atoms with E-state index in [1.807, 2.05) is 94.4 Å². The quantitative estimate of drug-likeness (QED) is 0.0670. The normalized spacial score (nSPS) is 23.9. The molecule has 0 unspecified atom stereocenters. The van der Waals surface area contributed by atoms with Crippen LogP contribution in [0.1, 0.15) is 523 Å². The molecule has 0 spiro atoms. The van der Waals surface area contributed by atoms with Gasteiger partial charge in [-0.2, -0.15) is 6.67 Å². The van der Waals surface area contributed by atoms with Gasteiger partial charge in [-0.25, -0.2) is 0 Å². The van der Waals surface area contributed by atoms with Crippen LogP contribution in [-0.4, -0.2) is 124 Å². The van der Waals surface area contributed by atoms with Gasteiger partial charge in [-0.3, -0.25) is 0 Å². The summed E-state index contributed by atoms with van der Waals surface area (Å²) in [6.45, 7) is 15.0. The van der Waals surface area contributed by atoms with Gasteiger partial charge in [0.15, 0.2) is 0 Å². The number of likely N-dealkylation sites (N-methyl/N-ethyl adjacent to an activating group) is 1. The number of hydrogen-bond acceptors (Lipinski definition) is 2. The number of benzene rings is 3. The van der Waals surface area contributed by atoms with Gasteiger partial charge in [0.2, 0.25) is 0 Å². The molecule has 16 heteroatoms. The molecule has 16 fully saturated rings. The molecule has 3 aromatic carbocycles. The van der Waals surface area contributed by atoms with Crippen LogP contribution in [0, 0.1) is 27.4 Å². The first-order chi connectivity index (χ1) is 67.5. The van der Waals surface area contributed by atoms with Crippen LogP contribution in [-0.2, 0) is 40.6 Å². The minimum absolute atomic E-state index is 0.0465. The van der Waals surface area contributed by atoms with Crippen molar-refractivity contribution in [1.29, 1.82) is 0 Å². The number of rotatable bonds is 19. The first kappa shape index (κ1) is 121. The van der Waals surface area contributed by atoms with Crippen LogP contribution in [0.5, 0.6) is 0 Å². The molecule has 138 heavy (non-hydrogen) atoms. The zero-order chi connectivity index (χ0) is 96.9. The summed E-state index contributed by atoms with van der Waals surface area (Å²) in [7, 11) is 35.6. The van der Waals surface area contributed by atoms with Gasteiger partial charge < -0.3 is 9.80 Å². The average molecular weight is 2370 g/mol. The van der Waals surface area contributed by atoms with Crippen molar-refractivity contribution in [2.24, 2.45) is 0 Å². The van der Waals surface area contributed by atoms with E-state index in [0.29, 0.717) is 0 Å². The van der Waals surface area contributed by atoms with Crippen molar-refractivity contribution in [2.75, 3.05) is 25.0 Å². The van der Waals surface area contributed by atoms with Gasteiger partial charge in [-0.05, 0) is 431 Å². The molecule has 0 amide bonds. The first-order valence-electron chi connectivity index (χ1n) is 59.5. The van der Waals surface area contributed by atoms with Crippen LogP contribution in [0.2, 0.25) is 0 Å². The van der Waals surface area contributed by atoms with Crippen molar-refractivity contribution >= 4 is 117 Å². The van der Waals surface area contributed by atoms with E-state index in [9.17, 15) is 0 Å². The maximum absolute atomic E-state index is 5.67. The Morgan fingerprint density at radius 3 is 0.565 bits per heavy atom. The van der Waals surface area contributed by atoms with E-state index < -0.39 is 40.6 Å². The number of halogens is 6. The molecule has 15 saturated carbocycles. The zero-order valence-corrected chi connectivity index (χ0v) is 104. The Bertz CT molecular complexity index is 3090. The van der Waals surface area contributed by atoms with Crippen molar-refractivity contribution in [1.82, 2.24) is 4.90 Å². The molecule has 1 heterocycles. The van der Waals surface area contributed by atoms with Gasteiger partial charge in [0.05, 0.1) is 84.9 Å². The molecule has 0 bridgehead atoms. The number of aryl methyl sites for hydroxylation is 3. The van der Waals surface area contributed by atoms with Crippen LogP contribution in [0.25, 0.3) is 0 Å². The summed E-state index contributed by atoms with van der Waals surface area (Å²) in [5.74, 6) is 0. The Kier molecular flexibility index (Phi) is 63.2. The van der Waals surface area contributed by atoms with Crippen LogP contribution in [0.15, 0.2) is 84.4 Å². The molecule has 0 N–H and O–H groups in total. The van der Waals surface area contributed by atoms with Crippen molar-refractivity contribution in [3.05, 3.63) is 119 Å². The van der Waals surface area contributed by atoms with Gasteiger partial charge in [0.25, 0.3) is 0 Å². The Hall–Kier alpha value is 2.53. The summed E-state index contributed by atoms with van der Waals surface area (Å²) in [6, 6.07) is 24.3. The zero-order valence-electron chi connectivity index (χ0n) is 89.1. The summed E-state index contributed by atoms with van der Waals surface area (Å²) in [4.78, 5) is 4.59. The summed E-state index contributed by atoms with van der Waals surface area (Å²) in [5, 5.41) is 0. The molecule has 19 rings (SSSR count). The number of nitrogens with zero attached hydrogens (tertiary/aromatic N) is 2. The summed E-state index contributed by atoms with van der Waals surface area (Å²) < 4.78 is 5.73. The fourth-order valence-electron chi connectivity index (χ4n) is 30.3. The Morgan fingerprint density at radius 2 is 0.435 bits per heavy atom. The second kappa shape index (κ2) is 72.2. The van der Waals surface area contributed by atoms with Crippen molar-refractivity contribution in [3.63, 3.8) is 0 Å². The first-order valence-corrected chi connectivity index (χ1v) is 84.6. The van der Waals surface area contributed by atoms with Gasteiger partial charge >= 0.3 is 210 Å². The van der Waals surface area contributed by atoms with Gasteiger partial charge in [0.1, 0.15) is 0 Å². The fourth-order valence-corrected chi connectivity index (χ4v) is 61.4. The third-order valence-electron chi connectivity index (χ3n) is 36.6. The Morgan fingerprint density at radius 1 is 0.261 bits per heavy atom. The van der Waals surface area contributed by atoms with Gasteiger partial charge in [-0.15, -0.1) is 0 Å². The molecule has 16 aliphatic rings. The Balaban J connectivity index is 0.000000151. The van der Waals surface area contributed by atoms with Crippen LogP contribution in [0.3, 0.4) is 0 Å². The van der Waals surface area contributed by atoms with Gasteiger partial charge in [-0.1, -0.05) is 114 Å². The standard InChI is InChI=1S/5C18H33P.C13H19N2.2C7H6.C5H8.6ClH.3Ru/c5*1-4-10-16(11-5-1)19(17-12-6-2-7-13-17)18-14-8-3-9-15-18;1-10-7-11(2)13(12(3)8-10)15-6-5-14(4)9-15;2*1-7-5-3-2-4-6-7;1-4-5(2)3;;;;;;;;;/h5*16-18H,1-15H2;7-9H,5-6H2,1-4H3;2*1-6H;1,4H,2-3H3;6*1H;;;/q;;;;;-1;;;;;;;;;;3*+2/p-1. The van der Waals surface area contributed by atoms with E-state index in [2.05, 4.69) is 56.4 Å². The van der Waals surface area contributed by atoms with Crippen LogP contribution < -0.4 is 4.90 Å². The molecule has 3 aromatic rings. The van der Waals surface area contributed by atoms with Crippen molar-refractivity contribution in [3.8, 4) is 0 Å². The summed E-state index contributed by atoms with van der Waals surface area (Å²) in [5.41, 5.74) is 27.4. The molecular weight excluding hydrogens is 2160 g/mol. The summed E-state index contributed by atoms with van der Waals surface area (Å²) >= 11 is -4.75. The maximum atomic E-state index is 5.67. The second-order valence-electron chi connectivity index (χ2n) is 47.1. The minimum atomic E-state index is -1.61. The molecule has 0 aromatic heterocycles. The molecular formula is C122H209Cl6N2P5Ru3+4. The number of hydrogen-bond donors (Lipinski definition) is 0. The average Bonchev–Trinajstić information content (AvgIpc) is 1.73. The Labute approximate surface area is 898 Å². The predicted octanol–water partition coefficient (Wildman–Crippen LogP) is 41.7. The van der Waals surface area contributed by atoms with Gasteiger partial charge in [0, 0.05) is 51.8 Å². The molecule has 1 saturated heterocycles.